The summed E-state index contributed by atoms with van der Waals surface area (Å²) in [5.74, 6) is -3.18. The average Bonchev–Trinajstić information content (AvgIpc) is 3.65. The van der Waals surface area contributed by atoms with Crippen molar-refractivity contribution in [2.45, 2.75) is 142 Å². The van der Waals surface area contributed by atoms with Gasteiger partial charge in [-0.25, -0.2) is 0 Å². The first-order valence-corrected chi connectivity index (χ1v) is 18.7. The lowest BCUT2D eigenvalue weighted by atomic mass is 9.82. The third-order valence-corrected chi connectivity index (χ3v) is 10.7. The Balaban J connectivity index is 1.57. The molecular formula is C38H58N6O6. The Morgan fingerprint density at radius 2 is 1.60 bits per heavy atom. The predicted octanol–water partition coefficient (Wildman–Crippen LogP) is 3.50. The molecule has 4 fully saturated rings. The third-order valence-electron chi connectivity index (χ3n) is 10.7. The van der Waals surface area contributed by atoms with Crippen LogP contribution < -0.4 is 21.3 Å². The lowest BCUT2D eigenvalue weighted by molar-refractivity contribution is -0.146. The second kappa shape index (κ2) is 17.4. The van der Waals surface area contributed by atoms with E-state index in [-0.39, 0.29) is 35.4 Å². The molecule has 0 aromatic heterocycles. The maximum absolute atomic E-state index is 14.6. The fraction of sp³-hybridized carbons (Fsp3) is 0.711. The number of likely N-dealkylation sites (tertiary alicyclic amines) is 1. The standard InChI is InChI=1S/C38H58N6O6/c1-7-14-28(31(45)36(49)40-25-19-20-25)41-35(48)30-26-18-13-17-24(26)22-44(30)37(50)32(38(4,5)6)43-34(47)29(23-15-11-10-12-16-23)42-33(46)27(9-3)39-21-8-2/h8-9,21,23-26,28-30,32H,2,7,10-20,22H2,1,3-6H3,(H,40,49)(H,41,48)(H,42,46)(H,43,47)/b27-9-,39-21?/t24?,26?,28-,29-,30-,32?/m0/s1. The zero-order chi connectivity index (χ0) is 36.6. The first-order chi connectivity index (χ1) is 23.8. The number of hydrogen-bond donors (Lipinski definition) is 4. The highest BCUT2D eigenvalue weighted by Gasteiger charge is 2.52. The minimum Gasteiger partial charge on any atom is -0.347 e. The van der Waals surface area contributed by atoms with Crippen LogP contribution in [0.2, 0.25) is 0 Å². The van der Waals surface area contributed by atoms with Crippen LogP contribution in [-0.4, -0.2) is 83.2 Å². The van der Waals surface area contributed by atoms with Gasteiger partial charge in [-0.05, 0) is 75.0 Å². The highest BCUT2D eigenvalue weighted by molar-refractivity contribution is 6.38. The smallest absolute Gasteiger partial charge is 0.289 e. The van der Waals surface area contributed by atoms with Gasteiger partial charge in [-0.3, -0.25) is 33.8 Å². The van der Waals surface area contributed by atoms with Crippen LogP contribution >= 0.6 is 0 Å². The van der Waals surface area contributed by atoms with Crippen molar-refractivity contribution >= 4 is 41.5 Å². The van der Waals surface area contributed by atoms with Crippen LogP contribution in [0.1, 0.15) is 112 Å². The van der Waals surface area contributed by atoms with Crippen molar-refractivity contribution in [1.29, 1.82) is 0 Å². The highest BCUT2D eigenvalue weighted by Crippen LogP contribution is 2.43. The molecule has 276 valence electrons. The summed E-state index contributed by atoms with van der Waals surface area (Å²) < 4.78 is 0. The molecule has 0 aromatic carbocycles. The Kier molecular flexibility index (Phi) is 13.6. The van der Waals surface area contributed by atoms with Gasteiger partial charge in [0.1, 0.15) is 23.8 Å². The summed E-state index contributed by atoms with van der Waals surface area (Å²) in [6.07, 6.45) is 14.1. The number of hydrogen-bond acceptors (Lipinski definition) is 7. The monoisotopic (exact) mass is 694 g/mol. The molecule has 50 heavy (non-hydrogen) atoms. The van der Waals surface area contributed by atoms with Crippen molar-refractivity contribution in [2.75, 3.05) is 6.54 Å². The van der Waals surface area contributed by atoms with Crippen LogP contribution in [0.4, 0.5) is 0 Å². The quantitative estimate of drug-likeness (QED) is 0.116. The third kappa shape index (κ3) is 9.69. The van der Waals surface area contributed by atoms with Crippen LogP contribution in [0.25, 0.3) is 0 Å². The van der Waals surface area contributed by atoms with E-state index >= 15 is 0 Å². The van der Waals surface area contributed by atoms with E-state index in [0.29, 0.717) is 19.4 Å². The van der Waals surface area contributed by atoms with Crippen molar-refractivity contribution in [3.8, 4) is 0 Å². The van der Waals surface area contributed by atoms with Gasteiger partial charge in [0.2, 0.25) is 23.5 Å². The van der Waals surface area contributed by atoms with Crippen LogP contribution in [0, 0.1) is 23.2 Å². The van der Waals surface area contributed by atoms with E-state index in [0.717, 1.165) is 64.2 Å². The van der Waals surface area contributed by atoms with Gasteiger partial charge >= 0.3 is 0 Å². The fourth-order valence-corrected chi connectivity index (χ4v) is 7.85. The normalized spacial score (nSPS) is 24.5. The first-order valence-electron chi connectivity index (χ1n) is 18.7. The predicted molar refractivity (Wildman–Crippen MR) is 192 cm³/mol. The molecule has 1 aliphatic heterocycles. The number of amides is 5. The summed E-state index contributed by atoms with van der Waals surface area (Å²) in [6, 6.07) is -3.68. The van der Waals surface area contributed by atoms with Crippen molar-refractivity contribution in [3.05, 3.63) is 24.4 Å². The molecular weight excluding hydrogens is 636 g/mol. The lowest BCUT2D eigenvalue weighted by Gasteiger charge is -2.38. The molecule has 3 saturated carbocycles. The number of Topliss-reactive ketones (excluding diaryl/α,β-unsaturated/α-hetero) is 1. The number of carbonyl (C=O) groups is 6. The van der Waals surface area contributed by atoms with E-state index in [1.165, 1.54) is 12.3 Å². The Hall–Kier alpha value is -3.83. The zero-order valence-electron chi connectivity index (χ0n) is 30.6. The molecule has 1 saturated heterocycles. The lowest BCUT2D eigenvalue weighted by Crippen LogP contribution is -2.62. The molecule has 12 nitrogen and oxygen atoms in total. The van der Waals surface area contributed by atoms with E-state index in [1.807, 2.05) is 27.7 Å². The molecule has 0 spiro atoms. The van der Waals surface area contributed by atoms with Crippen molar-refractivity contribution in [1.82, 2.24) is 26.2 Å². The van der Waals surface area contributed by atoms with Gasteiger partial charge in [-0.15, -0.1) is 0 Å². The van der Waals surface area contributed by atoms with Gasteiger partial charge in [-0.1, -0.05) is 78.5 Å². The van der Waals surface area contributed by atoms with E-state index in [1.54, 1.807) is 17.9 Å². The number of ketones is 1. The summed E-state index contributed by atoms with van der Waals surface area (Å²) in [7, 11) is 0. The topological polar surface area (TPSA) is 166 Å². The Morgan fingerprint density at radius 3 is 2.20 bits per heavy atom. The number of aliphatic imine (C=N–C) groups is 1. The molecule has 4 aliphatic rings. The summed E-state index contributed by atoms with van der Waals surface area (Å²) >= 11 is 0. The number of allylic oxidation sites excluding steroid dienone is 2. The van der Waals surface area contributed by atoms with Crippen LogP contribution in [0.3, 0.4) is 0 Å². The minimum absolute atomic E-state index is 0.0121. The Bertz CT molecular complexity index is 1360. The van der Waals surface area contributed by atoms with Crippen LogP contribution in [0.5, 0.6) is 0 Å². The molecule has 1 heterocycles. The van der Waals surface area contributed by atoms with Crippen LogP contribution in [0.15, 0.2) is 29.4 Å². The molecule has 12 heteroatoms. The number of carbonyl (C=O) groups excluding carboxylic acids is 6. The first kappa shape index (κ1) is 39.0. The van der Waals surface area contributed by atoms with Gasteiger partial charge in [-0.2, -0.15) is 0 Å². The molecule has 4 N–H and O–H groups in total. The Labute approximate surface area is 297 Å². The maximum atomic E-state index is 14.6. The second-order valence-electron chi connectivity index (χ2n) is 15.6. The van der Waals surface area contributed by atoms with Gasteiger partial charge < -0.3 is 26.2 Å². The van der Waals surface area contributed by atoms with Crippen molar-refractivity contribution < 1.29 is 28.8 Å². The minimum atomic E-state index is -0.996. The van der Waals surface area contributed by atoms with Crippen molar-refractivity contribution in [2.24, 2.45) is 28.2 Å². The largest absolute Gasteiger partial charge is 0.347 e. The molecule has 3 aliphatic carbocycles. The summed E-state index contributed by atoms with van der Waals surface area (Å²) in [5, 5.41) is 11.5. The molecule has 0 bridgehead atoms. The summed E-state index contributed by atoms with van der Waals surface area (Å²) in [5.41, 5.74) is -0.582. The molecule has 0 radical (unpaired) electrons. The van der Waals surface area contributed by atoms with E-state index < -0.39 is 59.0 Å². The van der Waals surface area contributed by atoms with Gasteiger partial charge in [0.05, 0.1) is 6.04 Å². The zero-order valence-corrected chi connectivity index (χ0v) is 30.6. The van der Waals surface area contributed by atoms with E-state index in [4.69, 9.17) is 0 Å². The maximum Gasteiger partial charge on any atom is 0.289 e. The van der Waals surface area contributed by atoms with Crippen LogP contribution in [-0.2, 0) is 28.8 Å². The van der Waals surface area contributed by atoms with Gasteiger partial charge in [0, 0.05) is 18.8 Å². The second-order valence-corrected chi connectivity index (χ2v) is 15.6. The number of rotatable bonds is 15. The SMILES string of the molecule is C=CC=N/C(=C\C)C(=O)N[C@H](C(=O)NC(C(=O)N1CC2CCCC2[C@H]1C(=O)N[C@@H](CCC)C(=O)C(=O)NC1CC1)C(C)(C)C)C1CCCCC1. The molecule has 4 rings (SSSR count). The van der Waals surface area contributed by atoms with Gasteiger partial charge in [0.15, 0.2) is 0 Å². The van der Waals surface area contributed by atoms with E-state index in [9.17, 15) is 28.8 Å². The number of nitrogens with one attached hydrogen (secondary N) is 4. The summed E-state index contributed by atoms with van der Waals surface area (Å²) in [4.78, 5) is 87.8. The van der Waals surface area contributed by atoms with Gasteiger partial charge in [0.25, 0.3) is 11.8 Å². The molecule has 0 aromatic rings. The van der Waals surface area contributed by atoms with E-state index in [2.05, 4.69) is 32.8 Å². The average molecular weight is 695 g/mol. The number of fused-ring (bicyclic) bond motifs is 1. The van der Waals surface area contributed by atoms with Crippen molar-refractivity contribution in [3.63, 3.8) is 0 Å². The molecule has 5 amide bonds. The Morgan fingerprint density at radius 1 is 0.900 bits per heavy atom. The highest BCUT2D eigenvalue weighted by atomic mass is 16.2. The fourth-order valence-electron chi connectivity index (χ4n) is 7.85. The summed E-state index contributed by atoms with van der Waals surface area (Å²) in [6.45, 7) is 13.2. The number of nitrogens with zero attached hydrogens (tertiary/aromatic N) is 2. The molecule has 3 unspecified atom stereocenters. The molecule has 6 atom stereocenters.